The van der Waals surface area contributed by atoms with Crippen LogP contribution in [0, 0.1) is 0 Å². The highest BCUT2D eigenvalue weighted by atomic mass is 32.1. The van der Waals surface area contributed by atoms with Gasteiger partial charge in [0.2, 0.25) is 0 Å². The standard InChI is InChI=1S/C9H15N5OS/c10-5-1-3-14(4-2-5)9-13-7(11)6(16-9)8(12)15/h5H,1-4,10-11H2,(H2,12,15). The van der Waals surface area contributed by atoms with Gasteiger partial charge in [-0.3, -0.25) is 4.79 Å². The van der Waals surface area contributed by atoms with Gasteiger partial charge in [0.15, 0.2) is 5.13 Å². The predicted octanol–water partition coefficient (Wildman–Crippen LogP) is -0.248. The van der Waals surface area contributed by atoms with Gasteiger partial charge in [0, 0.05) is 19.1 Å². The highest BCUT2D eigenvalue weighted by molar-refractivity contribution is 7.18. The van der Waals surface area contributed by atoms with Gasteiger partial charge in [0.1, 0.15) is 10.7 Å². The second kappa shape index (κ2) is 4.26. The summed E-state index contributed by atoms with van der Waals surface area (Å²) in [7, 11) is 0. The lowest BCUT2D eigenvalue weighted by Crippen LogP contribution is -2.39. The number of piperidine rings is 1. The van der Waals surface area contributed by atoms with Crippen molar-refractivity contribution in [1.82, 2.24) is 4.98 Å². The number of primary amides is 1. The van der Waals surface area contributed by atoms with Crippen LogP contribution in [0.1, 0.15) is 22.5 Å². The molecule has 0 unspecified atom stereocenters. The van der Waals surface area contributed by atoms with Crippen LogP contribution in [-0.4, -0.2) is 30.0 Å². The highest BCUT2D eigenvalue weighted by Gasteiger charge is 2.21. The normalized spacial score (nSPS) is 17.7. The van der Waals surface area contributed by atoms with E-state index in [1.807, 2.05) is 0 Å². The molecule has 2 heterocycles. The monoisotopic (exact) mass is 241 g/mol. The summed E-state index contributed by atoms with van der Waals surface area (Å²) in [6.07, 6.45) is 1.87. The summed E-state index contributed by atoms with van der Waals surface area (Å²) in [5.41, 5.74) is 16.6. The molecule has 1 aromatic rings. The number of thiazole rings is 1. The zero-order chi connectivity index (χ0) is 11.7. The molecule has 1 amide bonds. The Morgan fingerprint density at radius 3 is 2.56 bits per heavy atom. The Hall–Kier alpha value is -1.34. The smallest absolute Gasteiger partial charge is 0.262 e. The van der Waals surface area contributed by atoms with Gasteiger partial charge in [-0.2, -0.15) is 0 Å². The van der Waals surface area contributed by atoms with Crippen LogP contribution in [0.3, 0.4) is 0 Å². The number of carbonyl (C=O) groups is 1. The van der Waals surface area contributed by atoms with Crippen molar-refractivity contribution in [1.29, 1.82) is 0 Å². The summed E-state index contributed by atoms with van der Waals surface area (Å²) < 4.78 is 0. The molecular formula is C9H15N5OS. The summed E-state index contributed by atoms with van der Waals surface area (Å²) >= 11 is 1.25. The lowest BCUT2D eigenvalue weighted by molar-refractivity contribution is 0.100. The van der Waals surface area contributed by atoms with Gasteiger partial charge in [0.25, 0.3) is 5.91 Å². The Balaban J connectivity index is 2.15. The molecule has 1 aromatic heterocycles. The van der Waals surface area contributed by atoms with Crippen LogP contribution in [0.2, 0.25) is 0 Å². The van der Waals surface area contributed by atoms with Crippen molar-refractivity contribution in [2.45, 2.75) is 18.9 Å². The van der Waals surface area contributed by atoms with Gasteiger partial charge in [-0.15, -0.1) is 0 Å². The lowest BCUT2D eigenvalue weighted by Gasteiger charge is -2.29. The van der Waals surface area contributed by atoms with E-state index >= 15 is 0 Å². The maximum Gasteiger partial charge on any atom is 0.262 e. The van der Waals surface area contributed by atoms with E-state index in [-0.39, 0.29) is 11.9 Å². The second-order valence-corrected chi connectivity index (χ2v) is 4.88. The highest BCUT2D eigenvalue weighted by Crippen LogP contribution is 2.29. The van der Waals surface area contributed by atoms with Crippen molar-refractivity contribution in [3.63, 3.8) is 0 Å². The third kappa shape index (κ3) is 2.10. The van der Waals surface area contributed by atoms with Gasteiger partial charge in [-0.1, -0.05) is 11.3 Å². The molecule has 1 fully saturated rings. The van der Waals surface area contributed by atoms with E-state index < -0.39 is 5.91 Å². The average Bonchev–Trinajstić information content (AvgIpc) is 2.61. The number of nitrogens with two attached hydrogens (primary N) is 3. The zero-order valence-electron chi connectivity index (χ0n) is 8.85. The van der Waals surface area contributed by atoms with E-state index in [9.17, 15) is 4.79 Å². The predicted molar refractivity (Wildman–Crippen MR) is 64.5 cm³/mol. The van der Waals surface area contributed by atoms with Crippen LogP contribution in [-0.2, 0) is 0 Å². The van der Waals surface area contributed by atoms with Crippen molar-refractivity contribution in [2.24, 2.45) is 11.5 Å². The number of nitrogens with zero attached hydrogens (tertiary/aromatic N) is 2. The van der Waals surface area contributed by atoms with Crippen molar-refractivity contribution in [3.05, 3.63) is 4.88 Å². The van der Waals surface area contributed by atoms with Crippen LogP contribution in [0.15, 0.2) is 0 Å². The number of hydrogen-bond donors (Lipinski definition) is 3. The summed E-state index contributed by atoms with van der Waals surface area (Å²) in [6, 6.07) is 0.268. The molecule has 1 aliphatic rings. The number of carbonyl (C=O) groups excluding carboxylic acids is 1. The first-order valence-corrected chi connectivity index (χ1v) is 5.96. The van der Waals surface area contributed by atoms with Gasteiger partial charge >= 0.3 is 0 Å². The minimum Gasteiger partial charge on any atom is -0.382 e. The third-order valence-electron chi connectivity index (χ3n) is 2.68. The third-order valence-corrected chi connectivity index (χ3v) is 3.82. The van der Waals surface area contributed by atoms with E-state index in [1.54, 1.807) is 0 Å². The first-order chi connectivity index (χ1) is 7.58. The van der Waals surface area contributed by atoms with Gasteiger partial charge in [0.05, 0.1) is 0 Å². The van der Waals surface area contributed by atoms with Crippen molar-refractivity contribution in [3.8, 4) is 0 Å². The Morgan fingerprint density at radius 2 is 2.06 bits per heavy atom. The van der Waals surface area contributed by atoms with Gasteiger partial charge in [-0.05, 0) is 12.8 Å². The number of anilines is 2. The molecule has 6 N–H and O–H groups in total. The molecule has 1 saturated heterocycles. The molecule has 0 radical (unpaired) electrons. The quantitative estimate of drug-likeness (QED) is 0.661. The van der Waals surface area contributed by atoms with E-state index in [1.165, 1.54) is 11.3 Å². The first kappa shape index (κ1) is 11.2. The number of nitrogen functional groups attached to an aromatic ring is 1. The number of amides is 1. The molecule has 0 bridgehead atoms. The fraction of sp³-hybridized carbons (Fsp3) is 0.556. The maximum absolute atomic E-state index is 11.0. The molecule has 0 aliphatic carbocycles. The lowest BCUT2D eigenvalue weighted by atomic mass is 10.1. The van der Waals surface area contributed by atoms with Gasteiger partial charge < -0.3 is 22.1 Å². The Morgan fingerprint density at radius 1 is 1.44 bits per heavy atom. The molecule has 0 saturated carbocycles. The van der Waals surface area contributed by atoms with E-state index in [2.05, 4.69) is 9.88 Å². The minimum atomic E-state index is -0.519. The molecule has 1 aliphatic heterocycles. The zero-order valence-corrected chi connectivity index (χ0v) is 9.67. The minimum absolute atomic E-state index is 0.224. The summed E-state index contributed by atoms with van der Waals surface area (Å²) in [5.74, 6) is -0.294. The molecule has 0 atom stereocenters. The first-order valence-electron chi connectivity index (χ1n) is 5.14. The Bertz CT molecular complexity index is 397. The molecule has 88 valence electrons. The summed E-state index contributed by atoms with van der Waals surface area (Å²) in [5, 5.41) is 0.762. The average molecular weight is 241 g/mol. The number of rotatable bonds is 2. The largest absolute Gasteiger partial charge is 0.382 e. The Kier molecular flexibility index (Phi) is 2.97. The molecular weight excluding hydrogens is 226 g/mol. The van der Waals surface area contributed by atoms with Crippen LogP contribution in [0.25, 0.3) is 0 Å². The number of hydrogen-bond acceptors (Lipinski definition) is 6. The topological polar surface area (TPSA) is 111 Å². The molecule has 0 aromatic carbocycles. The van der Waals surface area contributed by atoms with Crippen molar-refractivity contribution in [2.75, 3.05) is 23.7 Å². The SMILES string of the molecule is NC(=O)c1sc(N2CCC(N)CC2)nc1N. The molecule has 7 heteroatoms. The van der Waals surface area contributed by atoms with Crippen molar-refractivity contribution < 1.29 is 4.79 Å². The molecule has 16 heavy (non-hydrogen) atoms. The van der Waals surface area contributed by atoms with E-state index in [4.69, 9.17) is 17.2 Å². The van der Waals surface area contributed by atoms with Crippen LogP contribution in [0.5, 0.6) is 0 Å². The van der Waals surface area contributed by atoms with E-state index in [0.29, 0.717) is 4.88 Å². The molecule has 6 nitrogen and oxygen atoms in total. The van der Waals surface area contributed by atoms with Crippen LogP contribution in [0.4, 0.5) is 10.9 Å². The van der Waals surface area contributed by atoms with Gasteiger partial charge in [-0.25, -0.2) is 4.98 Å². The number of aromatic nitrogens is 1. The molecule has 0 spiro atoms. The fourth-order valence-corrected chi connectivity index (χ4v) is 2.61. The Labute approximate surface area is 97.4 Å². The second-order valence-electron chi connectivity index (χ2n) is 3.90. The van der Waals surface area contributed by atoms with Crippen LogP contribution < -0.4 is 22.1 Å². The van der Waals surface area contributed by atoms with Crippen molar-refractivity contribution >= 4 is 28.2 Å². The molecule has 2 rings (SSSR count). The summed E-state index contributed by atoms with van der Waals surface area (Å²) in [6.45, 7) is 1.71. The van der Waals surface area contributed by atoms with E-state index in [0.717, 1.165) is 31.1 Å². The van der Waals surface area contributed by atoms with Crippen LogP contribution >= 0.6 is 11.3 Å². The maximum atomic E-state index is 11.0. The fourth-order valence-electron chi connectivity index (χ4n) is 1.72. The summed E-state index contributed by atoms with van der Waals surface area (Å²) in [4.78, 5) is 17.6.